The predicted octanol–water partition coefficient (Wildman–Crippen LogP) is -1.16. The van der Waals surface area contributed by atoms with Crippen LogP contribution in [0.4, 0.5) is 5.69 Å². The highest BCUT2D eigenvalue weighted by Crippen LogP contribution is 2.29. The maximum Gasteiger partial charge on any atom is 0.240 e. The molecule has 0 aromatic heterocycles. The summed E-state index contributed by atoms with van der Waals surface area (Å²) in [6, 6.07) is 4.43. The SMILES string of the molecule is CN1C(=O)Cc2cc(S(=O)(=O)NCC(O)CO)ccc21. The molecule has 1 amide bonds. The van der Waals surface area contributed by atoms with Gasteiger partial charge in [-0.2, -0.15) is 0 Å². The van der Waals surface area contributed by atoms with Gasteiger partial charge in [-0.25, -0.2) is 13.1 Å². The molecule has 1 aromatic carbocycles. The number of amides is 1. The van der Waals surface area contributed by atoms with Crippen LogP contribution in [0.15, 0.2) is 23.1 Å². The largest absolute Gasteiger partial charge is 0.394 e. The maximum atomic E-state index is 12.0. The molecular weight excluding hydrogens is 284 g/mol. The molecular formula is C12H16N2O5S. The Hall–Kier alpha value is -1.48. The predicted molar refractivity (Wildman–Crippen MR) is 71.8 cm³/mol. The Morgan fingerprint density at radius 1 is 1.45 bits per heavy atom. The number of carbonyl (C=O) groups excluding carboxylic acids is 1. The molecule has 1 atom stereocenters. The Bertz CT molecular complexity index is 629. The molecule has 1 aliphatic rings. The van der Waals surface area contributed by atoms with Crippen molar-refractivity contribution in [1.29, 1.82) is 0 Å². The molecule has 0 aliphatic carbocycles. The number of carbonyl (C=O) groups is 1. The van der Waals surface area contributed by atoms with Crippen molar-refractivity contribution in [2.75, 3.05) is 25.1 Å². The molecule has 0 radical (unpaired) electrons. The van der Waals surface area contributed by atoms with Crippen molar-refractivity contribution < 1.29 is 23.4 Å². The Labute approximate surface area is 116 Å². The van der Waals surface area contributed by atoms with Gasteiger partial charge in [0.2, 0.25) is 15.9 Å². The van der Waals surface area contributed by atoms with E-state index in [9.17, 15) is 13.2 Å². The zero-order chi connectivity index (χ0) is 14.9. The van der Waals surface area contributed by atoms with Crippen molar-refractivity contribution in [3.05, 3.63) is 23.8 Å². The van der Waals surface area contributed by atoms with Crippen molar-refractivity contribution in [3.63, 3.8) is 0 Å². The second-order valence-corrected chi connectivity index (χ2v) is 6.38. The standard InChI is InChI=1S/C12H16N2O5S/c1-14-11-3-2-10(4-8(11)5-12(14)17)20(18,19)13-6-9(16)7-15/h2-4,9,13,15-16H,5-7H2,1H3. The molecule has 110 valence electrons. The zero-order valence-electron chi connectivity index (χ0n) is 10.9. The van der Waals surface area contributed by atoms with Gasteiger partial charge >= 0.3 is 0 Å². The summed E-state index contributed by atoms with van der Waals surface area (Å²) in [5, 5.41) is 17.8. The lowest BCUT2D eigenvalue weighted by atomic mass is 10.2. The molecule has 0 saturated heterocycles. The van der Waals surface area contributed by atoms with Crippen molar-refractivity contribution in [2.45, 2.75) is 17.4 Å². The van der Waals surface area contributed by atoms with E-state index in [1.54, 1.807) is 13.1 Å². The summed E-state index contributed by atoms with van der Waals surface area (Å²) in [4.78, 5) is 13.1. The van der Waals surface area contributed by atoms with E-state index in [1.165, 1.54) is 17.0 Å². The first-order chi connectivity index (χ1) is 9.35. The molecule has 1 aliphatic heterocycles. The Morgan fingerprint density at radius 3 is 2.80 bits per heavy atom. The van der Waals surface area contributed by atoms with E-state index in [-0.39, 0.29) is 23.8 Å². The summed E-state index contributed by atoms with van der Waals surface area (Å²) in [6.45, 7) is -0.791. The van der Waals surface area contributed by atoms with Gasteiger partial charge in [-0.15, -0.1) is 0 Å². The number of hydrogen-bond donors (Lipinski definition) is 3. The molecule has 0 bridgehead atoms. The Balaban J connectivity index is 2.22. The fourth-order valence-electron chi connectivity index (χ4n) is 1.97. The molecule has 0 spiro atoms. The number of likely N-dealkylation sites (N-methyl/N-ethyl adjacent to an activating group) is 1. The van der Waals surface area contributed by atoms with Gasteiger partial charge in [0.15, 0.2) is 0 Å². The minimum atomic E-state index is -3.77. The van der Waals surface area contributed by atoms with E-state index in [0.29, 0.717) is 11.3 Å². The molecule has 0 fully saturated rings. The molecule has 7 nitrogen and oxygen atoms in total. The van der Waals surface area contributed by atoms with Crippen LogP contribution in [0.25, 0.3) is 0 Å². The third-order valence-corrected chi connectivity index (χ3v) is 4.58. The number of sulfonamides is 1. The third kappa shape index (κ3) is 2.83. The van der Waals surface area contributed by atoms with E-state index in [0.717, 1.165) is 0 Å². The highest BCUT2D eigenvalue weighted by molar-refractivity contribution is 7.89. The van der Waals surface area contributed by atoms with E-state index in [4.69, 9.17) is 10.2 Å². The van der Waals surface area contributed by atoms with Gasteiger partial charge in [0.1, 0.15) is 0 Å². The summed E-state index contributed by atoms with van der Waals surface area (Å²) in [5.41, 5.74) is 1.35. The monoisotopic (exact) mass is 300 g/mol. The van der Waals surface area contributed by atoms with Crippen molar-refractivity contribution in [1.82, 2.24) is 4.72 Å². The van der Waals surface area contributed by atoms with Gasteiger partial charge in [0, 0.05) is 19.3 Å². The van der Waals surface area contributed by atoms with Gasteiger partial charge in [-0.05, 0) is 23.8 Å². The van der Waals surface area contributed by atoms with Crippen molar-refractivity contribution in [3.8, 4) is 0 Å². The Morgan fingerprint density at radius 2 is 2.15 bits per heavy atom. The topological polar surface area (TPSA) is 107 Å². The molecule has 1 aromatic rings. The molecule has 8 heteroatoms. The lowest BCUT2D eigenvalue weighted by Gasteiger charge is -2.12. The molecule has 1 unspecified atom stereocenters. The van der Waals surface area contributed by atoms with E-state index >= 15 is 0 Å². The first kappa shape index (κ1) is 14.9. The maximum absolute atomic E-state index is 12.0. The summed E-state index contributed by atoms with van der Waals surface area (Å²) < 4.78 is 26.2. The number of nitrogens with zero attached hydrogens (tertiary/aromatic N) is 1. The second-order valence-electron chi connectivity index (χ2n) is 4.61. The van der Waals surface area contributed by atoms with Crippen molar-refractivity contribution in [2.24, 2.45) is 0 Å². The number of anilines is 1. The number of hydrogen-bond acceptors (Lipinski definition) is 5. The lowest BCUT2D eigenvalue weighted by molar-refractivity contribution is -0.117. The van der Waals surface area contributed by atoms with Gasteiger partial charge in [-0.3, -0.25) is 4.79 Å². The zero-order valence-corrected chi connectivity index (χ0v) is 11.7. The highest BCUT2D eigenvalue weighted by atomic mass is 32.2. The smallest absolute Gasteiger partial charge is 0.240 e. The Kier molecular flexibility index (Phi) is 4.09. The van der Waals surface area contributed by atoms with Gasteiger partial charge in [0.05, 0.1) is 24.0 Å². The molecule has 3 N–H and O–H groups in total. The van der Waals surface area contributed by atoms with E-state index < -0.39 is 22.7 Å². The minimum absolute atomic E-state index is 0.0319. The van der Waals surface area contributed by atoms with Gasteiger partial charge < -0.3 is 15.1 Å². The van der Waals surface area contributed by atoms with Crippen LogP contribution in [-0.4, -0.2) is 50.8 Å². The molecule has 20 heavy (non-hydrogen) atoms. The number of aliphatic hydroxyl groups excluding tert-OH is 2. The van der Waals surface area contributed by atoms with E-state index in [2.05, 4.69) is 4.72 Å². The first-order valence-electron chi connectivity index (χ1n) is 6.03. The van der Waals surface area contributed by atoms with Crippen molar-refractivity contribution >= 4 is 21.6 Å². The summed E-state index contributed by atoms with van der Waals surface area (Å²) in [5.74, 6) is -0.0850. The normalized spacial score (nSPS) is 16.4. The number of nitrogens with one attached hydrogen (secondary N) is 1. The summed E-state index contributed by atoms with van der Waals surface area (Å²) in [6.07, 6.45) is -0.971. The third-order valence-electron chi connectivity index (χ3n) is 3.16. The second kappa shape index (κ2) is 5.49. The van der Waals surface area contributed by atoms with Crippen LogP contribution in [0.1, 0.15) is 5.56 Å². The fourth-order valence-corrected chi connectivity index (χ4v) is 3.09. The quantitative estimate of drug-likeness (QED) is 0.636. The van der Waals surface area contributed by atoms with E-state index in [1.807, 2.05) is 0 Å². The fraction of sp³-hybridized carbons (Fsp3) is 0.417. The number of fused-ring (bicyclic) bond motifs is 1. The van der Waals surface area contributed by atoms with Crippen LogP contribution in [0, 0.1) is 0 Å². The van der Waals surface area contributed by atoms with Crippen LogP contribution in [0.5, 0.6) is 0 Å². The van der Waals surface area contributed by atoms with Crippen LogP contribution < -0.4 is 9.62 Å². The molecule has 0 saturated carbocycles. The number of rotatable bonds is 5. The number of aliphatic hydroxyl groups is 2. The first-order valence-corrected chi connectivity index (χ1v) is 7.51. The number of benzene rings is 1. The summed E-state index contributed by atoms with van der Waals surface area (Å²) >= 11 is 0. The average molecular weight is 300 g/mol. The highest BCUT2D eigenvalue weighted by Gasteiger charge is 2.26. The summed E-state index contributed by atoms with van der Waals surface area (Å²) in [7, 11) is -2.14. The average Bonchev–Trinajstić information content (AvgIpc) is 2.71. The van der Waals surface area contributed by atoms with Crippen LogP contribution in [0.2, 0.25) is 0 Å². The van der Waals surface area contributed by atoms with Crippen LogP contribution >= 0.6 is 0 Å². The van der Waals surface area contributed by atoms with Gasteiger partial charge in [0.25, 0.3) is 0 Å². The van der Waals surface area contributed by atoms with Crippen LogP contribution in [-0.2, 0) is 21.2 Å². The van der Waals surface area contributed by atoms with Crippen LogP contribution in [0.3, 0.4) is 0 Å². The van der Waals surface area contributed by atoms with Gasteiger partial charge in [-0.1, -0.05) is 0 Å². The molecule has 2 rings (SSSR count). The molecule has 1 heterocycles. The minimum Gasteiger partial charge on any atom is -0.394 e. The lowest BCUT2D eigenvalue weighted by Crippen LogP contribution is -2.33.